The Labute approximate surface area is 136 Å². The highest BCUT2D eigenvalue weighted by atomic mass is 79.9. The first-order valence-electron chi connectivity index (χ1n) is 7.96. The van der Waals surface area contributed by atoms with E-state index in [1.165, 1.54) is 32.4 Å². The van der Waals surface area contributed by atoms with Crippen molar-refractivity contribution >= 4 is 15.9 Å². The Bertz CT molecular complexity index is 412. The van der Waals surface area contributed by atoms with Crippen LogP contribution in [0.3, 0.4) is 0 Å². The Kier molecular flexibility index (Phi) is 7.37. The summed E-state index contributed by atoms with van der Waals surface area (Å²) in [6.07, 6.45) is 3.97. The van der Waals surface area contributed by atoms with E-state index in [1.54, 1.807) is 0 Å². The van der Waals surface area contributed by atoms with Crippen molar-refractivity contribution in [2.24, 2.45) is 5.92 Å². The van der Waals surface area contributed by atoms with Gasteiger partial charge in [0.1, 0.15) is 6.61 Å². The summed E-state index contributed by atoms with van der Waals surface area (Å²) < 4.78 is 11.5. The molecule has 1 aromatic carbocycles. The fraction of sp³-hybridized carbons (Fsp3) is 0.647. The highest BCUT2D eigenvalue weighted by Crippen LogP contribution is 2.26. The third kappa shape index (κ3) is 5.51. The molecule has 1 aliphatic rings. The van der Waals surface area contributed by atoms with E-state index in [1.807, 2.05) is 31.2 Å². The standard InChI is InChI=1S/C17H26BrNO2/c1-2-20-16-7-3-4-8-17(16)21-13-12-19-11-5-6-15(14-19)9-10-18/h3-4,7-8,15H,2,5-6,9-14H2,1H3. The molecule has 21 heavy (non-hydrogen) atoms. The van der Waals surface area contributed by atoms with Gasteiger partial charge in [-0.25, -0.2) is 0 Å². The van der Waals surface area contributed by atoms with Gasteiger partial charge in [-0.15, -0.1) is 0 Å². The van der Waals surface area contributed by atoms with Crippen molar-refractivity contribution in [3.05, 3.63) is 24.3 Å². The summed E-state index contributed by atoms with van der Waals surface area (Å²) in [5, 5.41) is 1.11. The number of nitrogens with zero attached hydrogens (tertiary/aromatic N) is 1. The average molecular weight is 356 g/mol. The summed E-state index contributed by atoms with van der Waals surface area (Å²) in [6.45, 7) is 6.80. The fourth-order valence-corrected chi connectivity index (χ4v) is 3.52. The Morgan fingerprint density at radius 2 is 2.00 bits per heavy atom. The maximum atomic E-state index is 5.91. The van der Waals surface area contributed by atoms with Gasteiger partial charge in [0.2, 0.25) is 0 Å². The molecule has 0 aliphatic carbocycles. The second kappa shape index (κ2) is 9.31. The zero-order chi connectivity index (χ0) is 14.9. The molecule has 1 aromatic rings. The molecule has 0 amide bonds. The number of hydrogen-bond acceptors (Lipinski definition) is 3. The molecule has 0 bridgehead atoms. The number of rotatable bonds is 8. The van der Waals surface area contributed by atoms with E-state index in [-0.39, 0.29) is 0 Å². The largest absolute Gasteiger partial charge is 0.490 e. The van der Waals surface area contributed by atoms with Crippen LogP contribution in [-0.2, 0) is 0 Å². The first-order chi connectivity index (χ1) is 10.3. The van der Waals surface area contributed by atoms with Crippen LogP contribution in [0.15, 0.2) is 24.3 Å². The van der Waals surface area contributed by atoms with Crippen LogP contribution in [0.4, 0.5) is 0 Å². The third-order valence-corrected chi connectivity index (χ3v) is 4.39. The Morgan fingerprint density at radius 1 is 1.24 bits per heavy atom. The summed E-state index contributed by atoms with van der Waals surface area (Å²) in [7, 11) is 0. The SMILES string of the molecule is CCOc1ccccc1OCCN1CCCC(CCBr)C1. The fourth-order valence-electron chi connectivity index (χ4n) is 2.87. The van der Waals surface area contributed by atoms with Crippen molar-refractivity contribution in [3.63, 3.8) is 0 Å². The van der Waals surface area contributed by atoms with Crippen LogP contribution in [0.25, 0.3) is 0 Å². The van der Waals surface area contributed by atoms with Crippen LogP contribution in [0.5, 0.6) is 11.5 Å². The van der Waals surface area contributed by atoms with Crippen molar-refractivity contribution in [3.8, 4) is 11.5 Å². The van der Waals surface area contributed by atoms with Gasteiger partial charge in [-0.3, -0.25) is 4.90 Å². The van der Waals surface area contributed by atoms with Crippen LogP contribution in [0.2, 0.25) is 0 Å². The second-order valence-corrected chi connectivity index (χ2v) is 6.31. The number of hydrogen-bond donors (Lipinski definition) is 0. The summed E-state index contributed by atoms with van der Waals surface area (Å²) in [5.41, 5.74) is 0. The minimum Gasteiger partial charge on any atom is -0.490 e. The molecular weight excluding hydrogens is 330 g/mol. The molecule has 118 valence electrons. The Morgan fingerprint density at radius 3 is 2.71 bits per heavy atom. The van der Waals surface area contributed by atoms with Gasteiger partial charge < -0.3 is 9.47 Å². The lowest BCUT2D eigenvalue weighted by Gasteiger charge is -2.32. The first kappa shape index (κ1) is 16.6. The molecule has 1 aliphatic heterocycles. The van der Waals surface area contributed by atoms with Crippen LogP contribution >= 0.6 is 15.9 Å². The van der Waals surface area contributed by atoms with E-state index < -0.39 is 0 Å². The maximum absolute atomic E-state index is 5.91. The molecule has 4 heteroatoms. The van der Waals surface area contributed by atoms with Crippen molar-refractivity contribution < 1.29 is 9.47 Å². The summed E-state index contributed by atoms with van der Waals surface area (Å²) in [6, 6.07) is 7.92. The smallest absolute Gasteiger partial charge is 0.161 e. The zero-order valence-electron chi connectivity index (χ0n) is 12.9. The van der Waals surface area contributed by atoms with E-state index in [0.29, 0.717) is 6.61 Å². The number of benzene rings is 1. The summed E-state index contributed by atoms with van der Waals surface area (Å²) >= 11 is 3.55. The van der Waals surface area contributed by atoms with Gasteiger partial charge in [0.15, 0.2) is 11.5 Å². The second-order valence-electron chi connectivity index (χ2n) is 5.51. The maximum Gasteiger partial charge on any atom is 0.161 e. The molecule has 1 heterocycles. The number of piperidine rings is 1. The van der Waals surface area contributed by atoms with E-state index >= 15 is 0 Å². The molecule has 1 saturated heterocycles. The molecule has 0 aromatic heterocycles. The molecule has 1 fully saturated rings. The van der Waals surface area contributed by atoms with Crippen molar-refractivity contribution in [1.29, 1.82) is 0 Å². The van der Waals surface area contributed by atoms with Gasteiger partial charge in [-0.2, -0.15) is 0 Å². The van der Waals surface area contributed by atoms with E-state index in [0.717, 1.165) is 35.9 Å². The zero-order valence-corrected chi connectivity index (χ0v) is 14.5. The van der Waals surface area contributed by atoms with Gasteiger partial charge in [0.25, 0.3) is 0 Å². The summed E-state index contributed by atoms with van der Waals surface area (Å²) in [4.78, 5) is 2.53. The molecule has 3 nitrogen and oxygen atoms in total. The lowest BCUT2D eigenvalue weighted by molar-refractivity contribution is 0.144. The topological polar surface area (TPSA) is 21.7 Å². The minimum atomic E-state index is 0.667. The van der Waals surface area contributed by atoms with Crippen LogP contribution in [-0.4, -0.2) is 43.1 Å². The molecule has 0 N–H and O–H groups in total. The van der Waals surface area contributed by atoms with Gasteiger partial charge >= 0.3 is 0 Å². The van der Waals surface area contributed by atoms with E-state index in [9.17, 15) is 0 Å². The predicted octanol–water partition coefficient (Wildman–Crippen LogP) is 3.96. The van der Waals surface area contributed by atoms with Crippen molar-refractivity contribution in [2.75, 3.05) is 38.2 Å². The number of para-hydroxylation sites is 2. The molecule has 0 saturated carbocycles. The molecule has 2 rings (SSSR count). The molecule has 0 spiro atoms. The van der Waals surface area contributed by atoms with Crippen molar-refractivity contribution in [2.45, 2.75) is 26.2 Å². The Hall–Kier alpha value is -0.740. The van der Waals surface area contributed by atoms with Gasteiger partial charge in [-0.1, -0.05) is 28.1 Å². The molecular formula is C17H26BrNO2. The summed E-state index contributed by atoms with van der Waals surface area (Å²) in [5.74, 6) is 2.54. The monoisotopic (exact) mass is 355 g/mol. The molecule has 1 unspecified atom stereocenters. The van der Waals surface area contributed by atoms with Crippen LogP contribution in [0.1, 0.15) is 26.2 Å². The number of halogens is 1. The van der Waals surface area contributed by atoms with Gasteiger partial charge in [-0.05, 0) is 50.8 Å². The highest BCUT2D eigenvalue weighted by Gasteiger charge is 2.19. The van der Waals surface area contributed by atoms with Gasteiger partial charge in [0.05, 0.1) is 6.61 Å². The molecule has 0 radical (unpaired) electrons. The third-order valence-electron chi connectivity index (χ3n) is 3.93. The number of ether oxygens (including phenoxy) is 2. The van der Waals surface area contributed by atoms with E-state index in [2.05, 4.69) is 20.8 Å². The lowest BCUT2D eigenvalue weighted by atomic mass is 9.96. The minimum absolute atomic E-state index is 0.667. The Balaban J connectivity index is 1.76. The normalized spacial score (nSPS) is 19.4. The van der Waals surface area contributed by atoms with Crippen molar-refractivity contribution in [1.82, 2.24) is 4.90 Å². The predicted molar refractivity (Wildman–Crippen MR) is 90.7 cm³/mol. The van der Waals surface area contributed by atoms with Gasteiger partial charge in [0, 0.05) is 18.4 Å². The first-order valence-corrected chi connectivity index (χ1v) is 9.08. The lowest BCUT2D eigenvalue weighted by Crippen LogP contribution is -2.38. The molecule has 1 atom stereocenters. The number of alkyl halides is 1. The van der Waals surface area contributed by atoms with E-state index in [4.69, 9.17) is 9.47 Å². The highest BCUT2D eigenvalue weighted by molar-refractivity contribution is 9.09. The van der Waals surface area contributed by atoms with Crippen LogP contribution < -0.4 is 9.47 Å². The quantitative estimate of drug-likeness (QED) is 0.658. The average Bonchev–Trinajstić information content (AvgIpc) is 2.50. The number of likely N-dealkylation sites (tertiary alicyclic amines) is 1. The van der Waals surface area contributed by atoms with Crippen LogP contribution in [0, 0.1) is 5.92 Å².